The molecule has 2 aliphatic rings. The van der Waals surface area contributed by atoms with Crippen molar-refractivity contribution in [2.45, 2.75) is 36.7 Å². The highest BCUT2D eigenvalue weighted by Crippen LogP contribution is 2.42. The second kappa shape index (κ2) is 9.70. The van der Waals surface area contributed by atoms with E-state index in [2.05, 4.69) is 60.4 Å². The first-order valence-electron chi connectivity index (χ1n) is 12.1. The lowest BCUT2D eigenvalue weighted by Gasteiger charge is -2.56. The van der Waals surface area contributed by atoms with Crippen molar-refractivity contribution in [2.75, 3.05) is 26.2 Å². The van der Waals surface area contributed by atoms with Crippen LogP contribution < -0.4 is 0 Å². The van der Waals surface area contributed by atoms with Gasteiger partial charge in [-0.05, 0) is 42.2 Å². The minimum absolute atomic E-state index is 0.000660. The Labute approximate surface area is 208 Å². The quantitative estimate of drug-likeness (QED) is 0.542. The largest absolute Gasteiger partial charge is 0.395 e. The average molecular weight is 489 g/mol. The summed E-state index contributed by atoms with van der Waals surface area (Å²) in [5.74, 6) is 0.0626. The lowest BCUT2D eigenvalue weighted by molar-refractivity contribution is -0.0415. The van der Waals surface area contributed by atoms with Crippen molar-refractivity contribution in [1.29, 1.82) is 0 Å². The van der Waals surface area contributed by atoms with E-state index in [-0.39, 0.29) is 24.6 Å². The molecule has 3 atom stereocenters. The van der Waals surface area contributed by atoms with E-state index >= 15 is 0 Å². The summed E-state index contributed by atoms with van der Waals surface area (Å²) < 4.78 is 28.8. The van der Waals surface area contributed by atoms with Gasteiger partial charge in [0.2, 0.25) is 10.0 Å². The Morgan fingerprint density at radius 2 is 1.63 bits per heavy atom. The summed E-state index contributed by atoms with van der Waals surface area (Å²) in [6, 6.07) is 24.1. The zero-order valence-corrected chi connectivity index (χ0v) is 21.0. The zero-order chi connectivity index (χ0) is 24.6. The summed E-state index contributed by atoms with van der Waals surface area (Å²) in [5, 5.41) is 10.2. The first kappa shape index (κ1) is 23.9. The standard InChI is InChI=1S/C29H32N2O3S/c1-21-8-7-10-25(18-21)23-12-14-24(15-13-23)29-26-19-30(16-5-6-17-31(26)27(29)20-32)35(33,34)28-11-4-3-9-22(28)2/h3-15,18,26-27,29,32H,16-17,19-20H2,1-2H3/b6-5-/t26-,27+,29?/m0/s1. The first-order valence-corrected chi connectivity index (χ1v) is 13.6. The molecular weight excluding hydrogens is 456 g/mol. The fraction of sp³-hybridized carbons (Fsp3) is 0.310. The molecule has 1 N–H and O–H groups in total. The number of aliphatic hydroxyl groups is 1. The van der Waals surface area contributed by atoms with Gasteiger partial charge in [0.1, 0.15) is 0 Å². The van der Waals surface area contributed by atoms with Crippen LogP contribution in [0.2, 0.25) is 0 Å². The van der Waals surface area contributed by atoms with Crippen molar-refractivity contribution in [1.82, 2.24) is 9.21 Å². The van der Waals surface area contributed by atoms with Gasteiger partial charge in [0.25, 0.3) is 0 Å². The molecule has 35 heavy (non-hydrogen) atoms. The maximum atomic E-state index is 13.6. The van der Waals surface area contributed by atoms with Crippen LogP contribution in [0.15, 0.2) is 89.8 Å². The number of hydrogen-bond acceptors (Lipinski definition) is 4. The van der Waals surface area contributed by atoms with Crippen LogP contribution in [0.1, 0.15) is 22.6 Å². The Morgan fingerprint density at radius 3 is 2.34 bits per heavy atom. The van der Waals surface area contributed by atoms with E-state index in [4.69, 9.17) is 0 Å². The summed E-state index contributed by atoms with van der Waals surface area (Å²) in [7, 11) is -3.64. The molecule has 182 valence electrons. The SMILES string of the molecule is Cc1cccc(-c2ccc(C3[C@@H](CO)N4C/C=C\CN(S(=O)(=O)c5ccccc5C)C[C@@H]34)cc2)c1. The Hall–Kier alpha value is -2.77. The molecule has 5 rings (SSSR count). The maximum absolute atomic E-state index is 13.6. The fourth-order valence-electron chi connectivity index (χ4n) is 5.54. The highest BCUT2D eigenvalue weighted by molar-refractivity contribution is 7.89. The van der Waals surface area contributed by atoms with Gasteiger partial charge >= 0.3 is 0 Å². The molecule has 0 spiro atoms. The number of hydrogen-bond donors (Lipinski definition) is 1. The van der Waals surface area contributed by atoms with E-state index < -0.39 is 10.0 Å². The van der Waals surface area contributed by atoms with Crippen LogP contribution in [-0.2, 0) is 10.0 Å². The molecule has 0 saturated carbocycles. The minimum atomic E-state index is -3.64. The molecule has 0 aliphatic carbocycles. The van der Waals surface area contributed by atoms with E-state index in [1.165, 1.54) is 11.1 Å². The normalized spacial score (nSPS) is 24.1. The van der Waals surface area contributed by atoms with Gasteiger partial charge in [0.05, 0.1) is 11.5 Å². The molecule has 2 aliphatic heterocycles. The van der Waals surface area contributed by atoms with Gasteiger partial charge in [0.15, 0.2) is 0 Å². The summed E-state index contributed by atoms with van der Waals surface area (Å²) >= 11 is 0. The Morgan fingerprint density at radius 1 is 0.886 bits per heavy atom. The van der Waals surface area contributed by atoms with Crippen molar-refractivity contribution in [2.24, 2.45) is 0 Å². The van der Waals surface area contributed by atoms with Crippen molar-refractivity contribution in [3.8, 4) is 11.1 Å². The van der Waals surface area contributed by atoms with Crippen molar-refractivity contribution in [3.05, 3.63) is 102 Å². The molecular formula is C29H32N2O3S. The molecule has 1 unspecified atom stereocenters. The molecule has 0 aromatic heterocycles. The Kier molecular flexibility index (Phi) is 6.64. The summed E-state index contributed by atoms with van der Waals surface area (Å²) in [4.78, 5) is 2.59. The molecule has 0 amide bonds. The molecule has 0 bridgehead atoms. The molecule has 1 fully saturated rings. The number of benzene rings is 3. The summed E-state index contributed by atoms with van der Waals surface area (Å²) in [6.45, 7) is 5.42. The number of nitrogens with zero attached hydrogens (tertiary/aromatic N) is 2. The zero-order valence-electron chi connectivity index (χ0n) is 20.2. The number of aryl methyl sites for hydroxylation is 2. The molecule has 2 heterocycles. The third kappa shape index (κ3) is 4.47. The molecule has 6 heteroatoms. The van der Waals surface area contributed by atoms with Crippen LogP contribution in [0.3, 0.4) is 0 Å². The van der Waals surface area contributed by atoms with Crippen molar-refractivity contribution < 1.29 is 13.5 Å². The predicted molar refractivity (Wildman–Crippen MR) is 140 cm³/mol. The number of rotatable bonds is 5. The van der Waals surface area contributed by atoms with Crippen molar-refractivity contribution in [3.63, 3.8) is 0 Å². The van der Waals surface area contributed by atoms with Gasteiger partial charge in [-0.1, -0.05) is 84.4 Å². The van der Waals surface area contributed by atoms with Crippen LogP contribution in [0.25, 0.3) is 11.1 Å². The second-order valence-electron chi connectivity index (χ2n) is 9.59. The van der Waals surface area contributed by atoms with E-state index in [1.54, 1.807) is 16.4 Å². The third-order valence-electron chi connectivity index (χ3n) is 7.41. The summed E-state index contributed by atoms with van der Waals surface area (Å²) in [6.07, 6.45) is 3.94. The number of aliphatic hydroxyl groups excluding tert-OH is 1. The van der Waals surface area contributed by atoms with E-state index in [0.29, 0.717) is 24.5 Å². The average Bonchev–Trinajstić information content (AvgIpc) is 2.83. The van der Waals surface area contributed by atoms with Gasteiger partial charge in [0, 0.05) is 37.6 Å². The molecule has 1 saturated heterocycles. The lowest BCUT2D eigenvalue weighted by Crippen LogP contribution is -2.67. The van der Waals surface area contributed by atoms with Crippen LogP contribution in [0, 0.1) is 13.8 Å². The molecule has 5 nitrogen and oxygen atoms in total. The van der Waals surface area contributed by atoms with Crippen LogP contribution >= 0.6 is 0 Å². The topological polar surface area (TPSA) is 60.9 Å². The summed E-state index contributed by atoms with van der Waals surface area (Å²) in [5.41, 5.74) is 5.44. The molecule has 3 aromatic rings. The Bertz CT molecular complexity index is 1330. The van der Waals surface area contributed by atoms with Gasteiger partial charge in [-0.25, -0.2) is 8.42 Å². The highest BCUT2D eigenvalue weighted by Gasteiger charge is 2.49. The van der Waals surface area contributed by atoms with Gasteiger partial charge in [-0.15, -0.1) is 0 Å². The Balaban J connectivity index is 1.45. The van der Waals surface area contributed by atoms with Gasteiger partial charge in [-0.2, -0.15) is 4.31 Å². The fourth-order valence-corrected chi connectivity index (χ4v) is 7.18. The monoisotopic (exact) mass is 488 g/mol. The highest BCUT2D eigenvalue weighted by atomic mass is 32.2. The third-order valence-corrected chi connectivity index (χ3v) is 9.40. The first-order chi connectivity index (χ1) is 16.9. The van der Waals surface area contributed by atoms with Crippen LogP contribution in [-0.4, -0.2) is 61.1 Å². The maximum Gasteiger partial charge on any atom is 0.243 e. The smallest absolute Gasteiger partial charge is 0.243 e. The molecule has 0 radical (unpaired) electrons. The van der Waals surface area contributed by atoms with Crippen LogP contribution in [0.4, 0.5) is 0 Å². The van der Waals surface area contributed by atoms with Crippen molar-refractivity contribution >= 4 is 10.0 Å². The second-order valence-corrected chi connectivity index (χ2v) is 11.5. The van der Waals surface area contributed by atoms with E-state index in [0.717, 1.165) is 16.7 Å². The van der Waals surface area contributed by atoms with Gasteiger partial charge in [-0.3, -0.25) is 4.90 Å². The number of fused-ring (bicyclic) bond motifs is 1. The van der Waals surface area contributed by atoms with Gasteiger partial charge < -0.3 is 5.11 Å². The van der Waals surface area contributed by atoms with E-state index in [9.17, 15) is 13.5 Å². The minimum Gasteiger partial charge on any atom is -0.395 e. The molecule has 3 aromatic carbocycles. The van der Waals surface area contributed by atoms with E-state index in [1.807, 2.05) is 31.2 Å². The number of sulfonamides is 1. The van der Waals surface area contributed by atoms with Crippen LogP contribution in [0.5, 0.6) is 0 Å². The predicted octanol–water partition coefficient (Wildman–Crippen LogP) is 4.36. The lowest BCUT2D eigenvalue weighted by atomic mass is 9.74.